The summed E-state index contributed by atoms with van der Waals surface area (Å²) in [6.45, 7) is 0.198. The van der Waals surface area contributed by atoms with Gasteiger partial charge in [0.2, 0.25) is 5.89 Å². The van der Waals surface area contributed by atoms with Crippen LogP contribution in [-0.2, 0) is 13.2 Å². The molecule has 112 valence electrons. The predicted molar refractivity (Wildman–Crippen MR) is 83.6 cm³/mol. The normalized spacial score (nSPS) is 10.6. The fourth-order valence-electron chi connectivity index (χ4n) is 2.05. The molecular weight excluding hydrogens is 302 g/mol. The van der Waals surface area contributed by atoms with Crippen molar-refractivity contribution >= 4 is 11.6 Å². The second-order valence-electron chi connectivity index (χ2n) is 4.71. The first kappa shape index (κ1) is 14.6. The van der Waals surface area contributed by atoms with E-state index in [1.807, 2.05) is 36.4 Å². The first-order chi connectivity index (χ1) is 10.8. The highest BCUT2D eigenvalue weighted by molar-refractivity contribution is 6.30. The summed E-state index contributed by atoms with van der Waals surface area (Å²) >= 11 is 5.96. The molecule has 0 aliphatic rings. The first-order valence-corrected chi connectivity index (χ1v) is 7.16. The van der Waals surface area contributed by atoms with Crippen molar-refractivity contribution in [1.29, 1.82) is 0 Å². The van der Waals surface area contributed by atoms with Crippen molar-refractivity contribution in [1.82, 2.24) is 4.98 Å². The molecule has 4 nitrogen and oxygen atoms in total. The Kier molecular flexibility index (Phi) is 4.42. The average Bonchev–Trinajstić information content (AvgIpc) is 3.02. The van der Waals surface area contributed by atoms with Crippen LogP contribution in [0.3, 0.4) is 0 Å². The Morgan fingerprint density at radius 2 is 2.00 bits per heavy atom. The van der Waals surface area contributed by atoms with Crippen LogP contribution < -0.4 is 4.74 Å². The van der Waals surface area contributed by atoms with Gasteiger partial charge in [-0.3, -0.25) is 0 Å². The van der Waals surface area contributed by atoms with E-state index in [1.165, 1.54) is 0 Å². The van der Waals surface area contributed by atoms with Gasteiger partial charge in [-0.25, -0.2) is 4.98 Å². The van der Waals surface area contributed by atoms with Gasteiger partial charge in [0.05, 0.1) is 6.61 Å². The van der Waals surface area contributed by atoms with Crippen LogP contribution in [0.2, 0.25) is 5.02 Å². The largest absolute Gasteiger partial charge is 0.487 e. The number of aromatic nitrogens is 1. The molecular formula is C17H14ClNO3. The third-order valence-electron chi connectivity index (χ3n) is 3.14. The summed E-state index contributed by atoms with van der Waals surface area (Å²) in [6, 6.07) is 14.6. The minimum absolute atomic E-state index is 0.0667. The SMILES string of the molecule is OCc1ccccc1OCc1coc(-c2cccc(Cl)c2)n1. The van der Waals surface area contributed by atoms with Crippen LogP contribution in [0.1, 0.15) is 11.3 Å². The third-order valence-corrected chi connectivity index (χ3v) is 3.38. The van der Waals surface area contributed by atoms with E-state index in [9.17, 15) is 5.11 Å². The van der Waals surface area contributed by atoms with Gasteiger partial charge in [0, 0.05) is 16.1 Å². The van der Waals surface area contributed by atoms with Crippen LogP contribution in [-0.4, -0.2) is 10.1 Å². The fraction of sp³-hybridized carbons (Fsp3) is 0.118. The number of aliphatic hydroxyl groups excluding tert-OH is 1. The smallest absolute Gasteiger partial charge is 0.226 e. The van der Waals surface area contributed by atoms with Crippen LogP contribution >= 0.6 is 11.6 Å². The zero-order valence-electron chi connectivity index (χ0n) is 11.7. The van der Waals surface area contributed by atoms with Gasteiger partial charge in [-0.05, 0) is 24.3 Å². The summed E-state index contributed by atoms with van der Waals surface area (Å²) in [7, 11) is 0. The van der Waals surface area contributed by atoms with Crippen LogP contribution in [0.15, 0.2) is 59.2 Å². The van der Waals surface area contributed by atoms with E-state index < -0.39 is 0 Å². The zero-order valence-corrected chi connectivity index (χ0v) is 12.5. The molecule has 0 aliphatic carbocycles. The highest BCUT2D eigenvalue weighted by atomic mass is 35.5. The molecule has 0 unspecified atom stereocenters. The van der Waals surface area contributed by atoms with Crippen LogP contribution in [0.5, 0.6) is 5.75 Å². The average molecular weight is 316 g/mol. The van der Waals surface area contributed by atoms with E-state index in [0.717, 1.165) is 11.1 Å². The van der Waals surface area contributed by atoms with Gasteiger partial charge in [-0.2, -0.15) is 0 Å². The molecule has 0 aliphatic heterocycles. The monoisotopic (exact) mass is 315 g/mol. The van der Waals surface area contributed by atoms with Crippen LogP contribution in [0, 0.1) is 0 Å². The lowest BCUT2D eigenvalue weighted by Gasteiger charge is -2.07. The Hall–Kier alpha value is -2.30. The van der Waals surface area contributed by atoms with Crippen molar-refractivity contribution in [3.8, 4) is 17.2 Å². The molecule has 0 bridgehead atoms. The third kappa shape index (κ3) is 3.30. The number of oxazole rings is 1. The van der Waals surface area contributed by atoms with E-state index in [2.05, 4.69) is 4.98 Å². The molecule has 3 rings (SSSR count). The summed E-state index contributed by atoms with van der Waals surface area (Å²) in [5, 5.41) is 9.90. The highest BCUT2D eigenvalue weighted by Gasteiger charge is 2.09. The molecule has 0 radical (unpaired) electrons. The van der Waals surface area contributed by atoms with Gasteiger partial charge in [-0.15, -0.1) is 0 Å². The molecule has 1 N–H and O–H groups in total. The number of ether oxygens (including phenoxy) is 1. The van der Waals surface area contributed by atoms with Crippen molar-refractivity contribution in [3.05, 3.63) is 71.1 Å². The predicted octanol–water partition coefficient (Wildman–Crippen LogP) is 4.07. The lowest BCUT2D eigenvalue weighted by molar-refractivity contribution is 0.257. The summed E-state index contributed by atoms with van der Waals surface area (Å²) < 4.78 is 11.1. The number of para-hydroxylation sites is 1. The van der Waals surface area contributed by atoms with E-state index in [1.54, 1.807) is 18.4 Å². The van der Waals surface area contributed by atoms with Crippen molar-refractivity contribution < 1.29 is 14.3 Å². The number of nitrogens with zero attached hydrogens (tertiary/aromatic N) is 1. The Bertz CT molecular complexity index is 770. The number of rotatable bonds is 5. The van der Waals surface area contributed by atoms with Crippen molar-refractivity contribution in [2.24, 2.45) is 0 Å². The van der Waals surface area contributed by atoms with E-state index in [0.29, 0.717) is 22.4 Å². The lowest BCUT2D eigenvalue weighted by atomic mass is 10.2. The maximum atomic E-state index is 9.27. The van der Waals surface area contributed by atoms with Crippen molar-refractivity contribution in [3.63, 3.8) is 0 Å². The van der Waals surface area contributed by atoms with Gasteiger partial charge >= 0.3 is 0 Å². The summed E-state index contributed by atoms with van der Waals surface area (Å²) in [5.74, 6) is 1.13. The topological polar surface area (TPSA) is 55.5 Å². The molecule has 0 atom stereocenters. The quantitative estimate of drug-likeness (QED) is 0.771. The molecule has 5 heteroatoms. The Labute approximate surface area is 133 Å². The molecule has 0 amide bonds. The molecule has 3 aromatic rings. The van der Waals surface area contributed by atoms with Gasteiger partial charge in [0.15, 0.2) is 0 Å². The molecule has 2 aromatic carbocycles. The molecule has 1 heterocycles. The van der Waals surface area contributed by atoms with Crippen LogP contribution in [0.25, 0.3) is 11.5 Å². The zero-order chi connectivity index (χ0) is 15.4. The van der Waals surface area contributed by atoms with Crippen LogP contribution in [0.4, 0.5) is 0 Å². The number of hydrogen-bond acceptors (Lipinski definition) is 4. The summed E-state index contributed by atoms with van der Waals surface area (Å²) in [5.41, 5.74) is 2.22. The molecule has 1 aromatic heterocycles. The van der Waals surface area contributed by atoms with E-state index in [-0.39, 0.29) is 13.2 Å². The maximum Gasteiger partial charge on any atom is 0.226 e. The number of benzene rings is 2. The fourth-order valence-corrected chi connectivity index (χ4v) is 2.24. The minimum atomic E-state index is -0.0667. The maximum absolute atomic E-state index is 9.27. The molecule has 22 heavy (non-hydrogen) atoms. The molecule has 0 saturated heterocycles. The molecule has 0 saturated carbocycles. The van der Waals surface area contributed by atoms with Crippen molar-refractivity contribution in [2.75, 3.05) is 0 Å². The molecule has 0 spiro atoms. The number of aliphatic hydroxyl groups is 1. The van der Waals surface area contributed by atoms with Gasteiger partial charge in [0.25, 0.3) is 0 Å². The Morgan fingerprint density at radius 3 is 2.82 bits per heavy atom. The lowest BCUT2D eigenvalue weighted by Crippen LogP contribution is -1.98. The first-order valence-electron chi connectivity index (χ1n) is 6.78. The van der Waals surface area contributed by atoms with E-state index >= 15 is 0 Å². The molecule has 0 fully saturated rings. The number of halogens is 1. The summed E-state index contributed by atoms with van der Waals surface area (Å²) in [4.78, 5) is 4.38. The van der Waals surface area contributed by atoms with Crippen molar-refractivity contribution in [2.45, 2.75) is 13.2 Å². The van der Waals surface area contributed by atoms with Gasteiger partial charge in [-0.1, -0.05) is 35.9 Å². The second-order valence-corrected chi connectivity index (χ2v) is 5.15. The Balaban J connectivity index is 1.72. The number of hydrogen-bond donors (Lipinski definition) is 1. The minimum Gasteiger partial charge on any atom is -0.487 e. The van der Waals surface area contributed by atoms with Gasteiger partial charge in [0.1, 0.15) is 24.3 Å². The van der Waals surface area contributed by atoms with E-state index in [4.69, 9.17) is 20.8 Å². The Morgan fingerprint density at radius 1 is 1.14 bits per heavy atom. The highest BCUT2D eigenvalue weighted by Crippen LogP contribution is 2.23. The summed E-state index contributed by atoms with van der Waals surface area (Å²) in [6.07, 6.45) is 1.55. The van der Waals surface area contributed by atoms with Gasteiger partial charge < -0.3 is 14.3 Å². The second kappa shape index (κ2) is 6.64. The standard InChI is InChI=1S/C17H14ClNO3/c18-14-6-3-5-12(8-14)17-19-15(11-22-17)10-21-16-7-2-1-4-13(16)9-20/h1-8,11,20H,9-10H2.